The highest BCUT2D eigenvalue weighted by Gasteiger charge is 2.48. The molecule has 1 aromatic carbocycles. The number of carbonyl (C=O) groups excluding carboxylic acids is 2. The van der Waals surface area contributed by atoms with E-state index in [1.165, 1.54) is 0 Å². The normalized spacial score (nSPS) is 24.4. The molecule has 1 aromatic heterocycles. The van der Waals surface area contributed by atoms with Crippen LogP contribution in [0.1, 0.15) is 6.42 Å². The van der Waals surface area contributed by atoms with Crippen molar-refractivity contribution in [3.8, 4) is 0 Å². The van der Waals surface area contributed by atoms with Gasteiger partial charge in [-0.2, -0.15) is 0 Å². The lowest BCUT2D eigenvalue weighted by Crippen LogP contribution is -2.45. The minimum absolute atomic E-state index is 0.0581. The zero-order valence-corrected chi connectivity index (χ0v) is 10.7. The number of morpholine rings is 1. The second kappa shape index (κ2) is 4.06. The van der Waals surface area contributed by atoms with Crippen molar-refractivity contribution in [3.05, 3.63) is 30.6 Å². The maximum Gasteiger partial charge on any atom is 0.329 e. The van der Waals surface area contributed by atoms with Gasteiger partial charge >= 0.3 is 5.97 Å². The van der Waals surface area contributed by atoms with E-state index in [0.717, 1.165) is 11.0 Å². The Morgan fingerprint density at radius 2 is 2.25 bits per heavy atom. The lowest BCUT2D eigenvalue weighted by atomic mass is 10.2. The highest BCUT2D eigenvalue weighted by molar-refractivity contribution is 5.88. The maximum atomic E-state index is 12.4. The Labute approximate surface area is 114 Å². The number of benzene rings is 1. The Balaban J connectivity index is 1.57. The molecule has 1 amide bonds. The monoisotopic (exact) mass is 271 g/mol. The van der Waals surface area contributed by atoms with Crippen LogP contribution in [0.2, 0.25) is 0 Å². The Morgan fingerprint density at radius 3 is 3.05 bits per heavy atom. The van der Waals surface area contributed by atoms with Crippen LogP contribution < -0.4 is 0 Å². The molecule has 6 heteroatoms. The van der Waals surface area contributed by atoms with Crippen molar-refractivity contribution in [3.63, 3.8) is 0 Å². The molecule has 2 aromatic rings. The van der Waals surface area contributed by atoms with Crippen molar-refractivity contribution in [1.82, 2.24) is 14.5 Å². The van der Waals surface area contributed by atoms with Crippen molar-refractivity contribution in [1.29, 1.82) is 0 Å². The number of esters is 1. The van der Waals surface area contributed by atoms with Crippen LogP contribution in [0.15, 0.2) is 30.6 Å². The van der Waals surface area contributed by atoms with Crippen LogP contribution in [0.25, 0.3) is 11.0 Å². The van der Waals surface area contributed by atoms with Gasteiger partial charge in [-0.25, -0.2) is 9.78 Å². The summed E-state index contributed by atoms with van der Waals surface area (Å²) in [7, 11) is 0. The van der Waals surface area contributed by atoms with Crippen molar-refractivity contribution in [2.24, 2.45) is 0 Å². The van der Waals surface area contributed by atoms with Gasteiger partial charge in [0.05, 0.1) is 23.9 Å². The molecule has 2 atom stereocenters. The summed E-state index contributed by atoms with van der Waals surface area (Å²) >= 11 is 0. The fourth-order valence-electron chi connectivity index (χ4n) is 3.00. The molecule has 2 aliphatic rings. The van der Waals surface area contributed by atoms with Gasteiger partial charge in [0.15, 0.2) is 0 Å². The molecule has 2 bridgehead atoms. The van der Waals surface area contributed by atoms with Gasteiger partial charge in [-0.05, 0) is 12.1 Å². The summed E-state index contributed by atoms with van der Waals surface area (Å²) in [6.07, 6.45) is 2.18. The predicted molar refractivity (Wildman–Crippen MR) is 69.7 cm³/mol. The van der Waals surface area contributed by atoms with Crippen LogP contribution in [0.4, 0.5) is 0 Å². The van der Waals surface area contributed by atoms with Gasteiger partial charge in [-0.3, -0.25) is 4.79 Å². The minimum atomic E-state index is -0.387. The molecule has 4 rings (SSSR count). The third-order valence-corrected chi connectivity index (χ3v) is 3.97. The van der Waals surface area contributed by atoms with Crippen LogP contribution in [-0.4, -0.2) is 45.0 Å². The third-order valence-electron chi connectivity index (χ3n) is 3.97. The van der Waals surface area contributed by atoms with E-state index in [1.54, 1.807) is 11.2 Å². The van der Waals surface area contributed by atoms with Crippen LogP contribution in [-0.2, 0) is 20.9 Å². The molecule has 3 heterocycles. The number of nitrogens with zero attached hydrogens (tertiary/aromatic N) is 3. The zero-order valence-electron chi connectivity index (χ0n) is 10.7. The summed E-state index contributed by atoms with van der Waals surface area (Å²) in [4.78, 5) is 29.8. The van der Waals surface area contributed by atoms with Crippen LogP contribution in [0.3, 0.4) is 0 Å². The minimum Gasteiger partial charge on any atom is -0.459 e. The van der Waals surface area contributed by atoms with Gasteiger partial charge in [0.2, 0.25) is 5.91 Å². The fraction of sp³-hybridized carbons (Fsp3) is 0.357. The standard InChI is InChI=1S/C14H13N3O3/c18-13(17-6-9-5-12(17)14(19)20-9)7-16-8-15-10-3-1-2-4-11(10)16/h1-4,8-9,12H,5-7H2/t9-,12-/m1/s1. The Morgan fingerprint density at radius 1 is 1.40 bits per heavy atom. The van der Waals surface area contributed by atoms with Gasteiger partial charge in [0.1, 0.15) is 18.7 Å². The SMILES string of the molecule is O=C1O[C@@H]2C[C@H]1N(C(=O)Cn1cnc3ccccc31)C2. The molecule has 2 aliphatic heterocycles. The van der Waals surface area contributed by atoms with Crippen molar-refractivity contribution >= 4 is 22.9 Å². The summed E-state index contributed by atoms with van der Waals surface area (Å²) in [5, 5.41) is 0. The summed E-state index contributed by atoms with van der Waals surface area (Å²) < 4.78 is 6.91. The van der Waals surface area contributed by atoms with E-state index in [-0.39, 0.29) is 30.6 Å². The summed E-state index contributed by atoms with van der Waals surface area (Å²) in [5.74, 6) is -0.331. The molecular weight excluding hydrogens is 258 g/mol. The molecule has 0 aliphatic carbocycles. The largest absolute Gasteiger partial charge is 0.459 e. The number of amides is 1. The summed E-state index contributed by atoms with van der Waals surface area (Å²) in [5.41, 5.74) is 1.79. The summed E-state index contributed by atoms with van der Waals surface area (Å²) in [6, 6.07) is 7.28. The number of imidazole rings is 1. The van der Waals surface area contributed by atoms with E-state index < -0.39 is 0 Å². The van der Waals surface area contributed by atoms with E-state index in [1.807, 2.05) is 28.8 Å². The second-order valence-electron chi connectivity index (χ2n) is 5.22. The van der Waals surface area contributed by atoms with E-state index in [2.05, 4.69) is 4.98 Å². The fourth-order valence-corrected chi connectivity index (χ4v) is 3.00. The first kappa shape index (κ1) is 11.5. The average molecular weight is 271 g/mol. The average Bonchev–Trinajstić information content (AvgIpc) is 3.12. The number of rotatable bonds is 2. The van der Waals surface area contributed by atoms with Gasteiger partial charge in [0.25, 0.3) is 0 Å². The molecule has 0 unspecified atom stereocenters. The predicted octanol–water partition coefficient (Wildman–Crippen LogP) is 0.563. The first-order chi connectivity index (χ1) is 9.72. The Hall–Kier alpha value is -2.37. The Kier molecular flexibility index (Phi) is 2.33. The van der Waals surface area contributed by atoms with E-state index >= 15 is 0 Å². The van der Waals surface area contributed by atoms with Gasteiger partial charge in [0, 0.05) is 6.42 Å². The van der Waals surface area contributed by atoms with Gasteiger partial charge in [-0.15, -0.1) is 0 Å². The molecule has 0 N–H and O–H groups in total. The zero-order chi connectivity index (χ0) is 13.7. The van der Waals surface area contributed by atoms with Crippen molar-refractivity contribution < 1.29 is 14.3 Å². The smallest absolute Gasteiger partial charge is 0.329 e. The number of likely N-dealkylation sites (tertiary alicyclic amines) is 1. The quantitative estimate of drug-likeness (QED) is 0.749. The van der Waals surface area contributed by atoms with Gasteiger partial charge < -0.3 is 14.2 Å². The number of ether oxygens (including phenoxy) is 1. The van der Waals surface area contributed by atoms with Crippen LogP contribution >= 0.6 is 0 Å². The maximum absolute atomic E-state index is 12.4. The summed E-state index contributed by atoms with van der Waals surface area (Å²) in [6.45, 7) is 0.721. The molecule has 0 saturated carbocycles. The number of fused-ring (bicyclic) bond motifs is 3. The van der Waals surface area contributed by atoms with Crippen molar-refractivity contribution in [2.75, 3.05) is 6.54 Å². The first-order valence-electron chi connectivity index (χ1n) is 6.62. The number of para-hydroxylation sites is 2. The second-order valence-corrected chi connectivity index (χ2v) is 5.22. The highest BCUT2D eigenvalue weighted by Crippen LogP contribution is 2.29. The van der Waals surface area contributed by atoms with Gasteiger partial charge in [-0.1, -0.05) is 12.1 Å². The number of carbonyl (C=O) groups is 2. The first-order valence-corrected chi connectivity index (χ1v) is 6.62. The third kappa shape index (κ3) is 1.61. The molecular formula is C14H13N3O3. The molecule has 0 spiro atoms. The number of aromatic nitrogens is 2. The molecule has 2 saturated heterocycles. The molecule has 2 fully saturated rings. The lowest BCUT2D eigenvalue weighted by Gasteiger charge is -2.25. The molecule has 6 nitrogen and oxygen atoms in total. The van der Waals surface area contributed by atoms with E-state index in [0.29, 0.717) is 13.0 Å². The lowest BCUT2D eigenvalue weighted by molar-refractivity contribution is -0.157. The number of hydrogen-bond donors (Lipinski definition) is 0. The highest BCUT2D eigenvalue weighted by atomic mass is 16.6. The molecule has 20 heavy (non-hydrogen) atoms. The van der Waals surface area contributed by atoms with Crippen LogP contribution in [0.5, 0.6) is 0 Å². The molecule has 102 valence electrons. The Bertz CT molecular complexity index is 709. The molecule has 0 radical (unpaired) electrons. The van der Waals surface area contributed by atoms with Crippen LogP contribution in [0, 0.1) is 0 Å². The number of hydrogen-bond acceptors (Lipinski definition) is 4. The van der Waals surface area contributed by atoms with Crippen molar-refractivity contribution in [2.45, 2.75) is 25.1 Å². The topological polar surface area (TPSA) is 64.4 Å². The van der Waals surface area contributed by atoms with E-state index in [9.17, 15) is 9.59 Å². The van der Waals surface area contributed by atoms with E-state index in [4.69, 9.17) is 4.74 Å².